The molecule has 11 rings (SSSR count). The van der Waals surface area contributed by atoms with Crippen molar-refractivity contribution in [2.45, 2.75) is 0 Å². The van der Waals surface area contributed by atoms with Crippen molar-refractivity contribution in [1.82, 2.24) is 0 Å². The summed E-state index contributed by atoms with van der Waals surface area (Å²) in [7, 11) is 0. The molecule has 0 unspecified atom stereocenters. The fourth-order valence-electron chi connectivity index (χ4n) is 7.96. The van der Waals surface area contributed by atoms with Gasteiger partial charge in [0.2, 0.25) is 0 Å². The minimum absolute atomic E-state index is 0.0969. The molecule has 7 aromatic carbocycles. The average Bonchev–Trinajstić information content (AvgIpc) is 3.46. The molecule has 4 aliphatic heterocycles. The minimum atomic E-state index is -6.20. The van der Waals surface area contributed by atoms with Gasteiger partial charge < -0.3 is 0 Å². The van der Waals surface area contributed by atoms with Gasteiger partial charge in [0, 0.05) is 0 Å². The van der Waals surface area contributed by atoms with E-state index in [0.29, 0.717) is 23.0 Å². The molecule has 232 valence electrons. The SMILES string of the molecule is Clc1c(Cl)c(Cl)c2c(c1Cl)[O][Bi]13([O]2)[c]2c4cccc2Oc2cc5ccccc5c([c]21)N(c1ccccc1)c1[c]3c(cc2ccccc12)O4. The number of fused-ring (bicyclic) bond motifs is 5. The van der Waals surface area contributed by atoms with Gasteiger partial charge in [0.1, 0.15) is 0 Å². The van der Waals surface area contributed by atoms with Crippen molar-refractivity contribution in [3.63, 3.8) is 0 Å². The third kappa shape index (κ3) is 3.07. The van der Waals surface area contributed by atoms with E-state index >= 15 is 0 Å². The van der Waals surface area contributed by atoms with Crippen molar-refractivity contribution < 1.29 is 15.1 Å². The van der Waals surface area contributed by atoms with Crippen LogP contribution in [0.1, 0.15) is 0 Å². The van der Waals surface area contributed by atoms with Gasteiger partial charge in [0.25, 0.3) is 0 Å². The van der Waals surface area contributed by atoms with Crippen LogP contribution >= 0.6 is 46.4 Å². The van der Waals surface area contributed by atoms with Crippen molar-refractivity contribution >= 4 is 114 Å². The van der Waals surface area contributed by atoms with Gasteiger partial charge in [-0.05, 0) is 0 Å². The van der Waals surface area contributed by atoms with Gasteiger partial charge in [0.15, 0.2) is 0 Å². The summed E-state index contributed by atoms with van der Waals surface area (Å²) in [6.07, 6.45) is 0. The van der Waals surface area contributed by atoms with Gasteiger partial charge in [0.05, 0.1) is 0 Å². The maximum absolute atomic E-state index is 7.68. The quantitative estimate of drug-likeness (QED) is 0.0933. The Hall–Kier alpha value is -3.90. The van der Waals surface area contributed by atoms with Crippen molar-refractivity contribution in [3.05, 3.63) is 129 Å². The van der Waals surface area contributed by atoms with Crippen molar-refractivity contribution in [2.24, 2.45) is 0 Å². The molecule has 0 saturated heterocycles. The molecule has 7 aromatic rings. The third-order valence-corrected chi connectivity index (χ3v) is 30.2. The number of anilines is 3. The number of rotatable bonds is 1. The Morgan fingerprint density at radius 1 is 0.458 bits per heavy atom. The summed E-state index contributed by atoms with van der Waals surface area (Å²) in [6.45, 7) is 0. The number of hydrogen-bond donors (Lipinski definition) is 0. The van der Waals surface area contributed by atoms with Crippen molar-refractivity contribution in [3.8, 4) is 34.5 Å². The number of halogens is 4. The van der Waals surface area contributed by atoms with Crippen molar-refractivity contribution in [1.29, 1.82) is 0 Å². The number of benzene rings is 7. The molecule has 4 heterocycles. The van der Waals surface area contributed by atoms with Crippen LogP contribution in [0, 0.1) is 0 Å². The van der Waals surface area contributed by atoms with Crippen LogP contribution in [0.3, 0.4) is 0 Å². The summed E-state index contributed by atoms with van der Waals surface area (Å²) in [5.41, 5.74) is 2.75. The Kier molecular flexibility index (Phi) is 5.37. The zero-order valence-electron chi connectivity index (χ0n) is 24.4. The van der Waals surface area contributed by atoms with Crippen LogP contribution in [0.5, 0.6) is 34.5 Å². The van der Waals surface area contributed by atoms with Crippen LogP contribution in [0.4, 0.5) is 17.1 Å². The molecule has 0 aliphatic carbocycles. The van der Waals surface area contributed by atoms with E-state index < -0.39 is 19.7 Å². The molecule has 0 aromatic heterocycles. The van der Waals surface area contributed by atoms with Gasteiger partial charge >= 0.3 is 298 Å². The first kappa shape index (κ1) is 28.0. The van der Waals surface area contributed by atoms with Gasteiger partial charge in [-0.25, -0.2) is 0 Å². The maximum atomic E-state index is 7.68. The molecule has 0 bridgehead atoms. The Balaban J connectivity index is 1.46. The molecule has 5 nitrogen and oxygen atoms in total. The van der Waals surface area contributed by atoms with Crippen LogP contribution in [0.25, 0.3) is 21.5 Å². The van der Waals surface area contributed by atoms with E-state index in [1.54, 1.807) is 0 Å². The van der Waals surface area contributed by atoms with Gasteiger partial charge in [-0.1, -0.05) is 0 Å². The summed E-state index contributed by atoms with van der Waals surface area (Å²) in [6, 6.07) is 36.8. The number of para-hydroxylation sites is 1. The Labute approximate surface area is 296 Å². The fraction of sp³-hybridized carbons (Fsp3) is 0. The zero-order chi connectivity index (χ0) is 32.1. The molecular weight excluding hydrogens is 885 g/mol. The van der Waals surface area contributed by atoms with Gasteiger partial charge in [-0.15, -0.1) is 0 Å². The monoisotopic (exact) mass is 901 g/mol. The second-order valence-corrected chi connectivity index (χ2v) is 27.7. The second-order valence-electron chi connectivity index (χ2n) is 12.1. The molecule has 0 amide bonds. The summed E-state index contributed by atoms with van der Waals surface area (Å²) in [4.78, 5) is 2.30. The van der Waals surface area contributed by atoms with E-state index in [4.69, 9.17) is 61.5 Å². The molecule has 0 N–H and O–H groups in total. The summed E-state index contributed by atoms with van der Waals surface area (Å²) in [5.74, 6) is 2.96. The van der Waals surface area contributed by atoms with Crippen LogP contribution in [0.15, 0.2) is 109 Å². The number of ether oxygens (including phenoxy) is 2. The Bertz CT molecular complexity index is 2510. The average molecular weight is 903 g/mol. The first-order chi connectivity index (χ1) is 23.4. The first-order valence-corrected chi connectivity index (χ1v) is 24.7. The van der Waals surface area contributed by atoms with E-state index in [0.717, 1.165) is 48.4 Å². The molecular formula is C38H18BiCl4NO4. The van der Waals surface area contributed by atoms with Crippen LogP contribution in [-0.4, -0.2) is 19.7 Å². The topological polar surface area (TPSA) is 40.2 Å². The standard InChI is InChI=1S/C32H18NO2.C6H2Cl4O2.Bi/c1-2-11-24(12-3-1)33-31-20-27(17-22-9-4-6-15-29(22)31)34-25-13-8-14-26(19-25)35-28-18-23-10-5-7-16-30(23)32(33)21-28;7-1-2(8)4(10)6(12)5(11)3(1)9;/h1-18H;11-12H;/q;;+2/p-2. The van der Waals surface area contributed by atoms with E-state index in [1.807, 2.05) is 60.7 Å². The Morgan fingerprint density at radius 2 is 0.938 bits per heavy atom. The first-order valence-electron chi connectivity index (χ1n) is 15.2. The summed E-state index contributed by atoms with van der Waals surface area (Å²) in [5, 5.41) is 4.46. The predicted octanol–water partition coefficient (Wildman–Crippen LogP) is 10.5. The van der Waals surface area contributed by atoms with Gasteiger partial charge in [-0.2, -0.15) is 0 Å². The van der Waals surface area contributed by atoms with E-state index in [9.17, 15) is 0 Å². The number of nitrogens with zero attached hydrogens (tertiary/aromatic N) is 1. The summed E-state index contributed by atoms with van der Waals surface area (Å²) >= 11 is 21.3. The molecule has 0 saturated carbocycles. The second kappa shape index (κ2) is 9.21. The summed E-state index contributed by atoms with van der Waals surface area (Å²) < 4.78 is 31.5. The molecule has 1 spiro atoms. The predicted molar refractivity (Wildman–Crippen MR) is 195 cm³/mol. The van der Waals surface area contributed by atoms with Crippen LogP contribution < -0.4 is 29.8 Å². The fourth-order valence-corrected chi connectivity index (χ4v) is 31.0. The molecule has 0 atom stereocenters. The number of hydrogen-bond acceptors (Lipinski definition) is 5. The van der Waals surface area contributed by atoms with E-state index in [2.05, 4.69) is 53.4 Å². The molecule has 10 heteroatoms. The molecule has 0 fully saturated rings. The van der Waals surface area contributed by atoms with Crippen LogP contribution in [-0.2, 0) is 0 Å². The molecule has 48 heavy (non-hydrogen) atoms. The normalized spacial score (nSPS) is 17.0. The molecule has 4 aliphatic rings. The van der Waals surface area contributed by atoms with E-state index in [-0.39, 0.29) is 31.6 Å². The van der Waals surface area contributed by atoms with Crippen LogP contribution in [0.2, 0.25) is 20.1 Å². The zero-order valence-corrected chi connectivity index (χ0v) is 30.9. The third-order valence-electron chi connectivity index (χ3n) is 9.72. The van der Waals surface area contributed by atoms with E-state index in [1.165, 1.54) is 0 Å². The van der Waals surface area contributed by atoms with Gasteiger partial charge in [-0.3, -0.25) is 0 Å². The Morgan fingerprint density at radius 3 is 1.46 bits per heavy atom. The van der Waals surface area contributed by atoms with Crippen molar-refractivity contribution in [2.75, 3.05) is 4.90 Å². The molecule has 0 radical (unpaired) electrons.